The van der Waals surface area contributed by atoms with Gasteiger partial charge in [-0.15, -0.1) is 6.42 Å². The molecule has 1 nitrogen and oxygen atoms in total. The predicted octanol–water partition coefficient (Wildman–Crippen LogP) is 5.50. The summed E-state index contributed by atoms with van der Waals surface area (Å²) in [7, 11) is 0. The van der Waals surface area contributed by atoms with Crippen LogP contribution < -0.4 is 12.4 Å². The molecule has 0 aliphatic heterocycles. The molecule has 0 aromatic rings. The minimum absolute atomic E-state index is 0. The van der Waals surface area contributed by atoms with Gasteiger partial charge in [0.1, 0.15) is 0 Å². The van der Waals surface area contributed by atoms with Gasteiger partial charge in [-0.05, 0) is 38.0 Å². The van der Waals surface area contributed by atoms with Crippen LogP contribution in [0.5, 0.6) is 0 Å². The van der Waals surface area contributed by atoms with Gasteiger partial charge in [-0.25, -0.2) is 0 Å². The van der Waals surface area contributed by atoms with Crippen molar-refractivity contribution in [3.63, 3.8) is 0 Å². The standard InChI is InChI=1S/C25H49IN.ClH/c1-5-9-12-14-16-18-20-23-27(22-11-7-3,25(26)8-4)24-21-19-17-15-13-10-6-2;/h4,25H,5-7,9-24H2,1-3H3;1H/q+1;/p-1. The van der Waals surface area contributed by atoms with Crippen molar-refractivity contribution in [3.05, 3.63) is 0 Å². The van der Waals surface area contributed by atoms with Crippen molar-refractivity contribution in [2.75, 3.05) is 19.6 Å². The Morgan fingerprint density at radius 2 is 0.929 bits per heavy atom. The summed E-state index contributed by atoms with van der Waals surface area (Å²) in [5.74, 6) is 3.11. The van der Waals surface area contributed by atoms with Crippen LogP contribution in [0.2, 0.25) is 0 Å². The summed E-state index contributed by atoms with van der Waals surface area (Å²) < 4.78 is 1.52. The number of quaternary nitrogens is 1. The van der Waals surface area contributed by atoms with Crippen LogP contribution in [-0.4, -0.2) is 28.2 Å². The second-order valence-electron chi connectivity index (χ2n) is 8.49. The van der Waals surface area contributed by atoms with Crippen molar-refractivity contribution in [2.45, 2.75) is 128 Å². The number of rotatable bonds is 20. The van der Waals surface area contributed by atoms with E-state index in [1.54, 1.807) is 0 Å². The zero-order chi connectivity index (χ0) is 20.2. The Balaban J connectivity index is 0. The molecule has 0 aromatic heterocycles. The van der Waals surface area contributed by atoms with E-state index in [9.17, 15) is 0 Å². The molecule has 0 aliphatic rings. The van der Waals surface area contributed by atoms with Crippen LogP contribution in [0.4, 0.5) is 0 Å². The van der Waals surface area contributed by atoms with Gasteiger partial charge in [0.2, 0.25) is 4.05 Å². The van der Waals surface area contributed by atoms with E-state index in [4.69, 9.17) is 6.42 Å². The summed E-state index contributed by atoms with van der Waals surface area (Å²) in [6.45, 7) is 10.8. The molecule has 0 bridgehead atoms. The Morgan fingerprint density at radius 1 is 0.607 bits per heavy atom. The van der Waals surface area contributed by atoms with Crippen LogP contribution in [0.25, 0.3) is 0 Å². The SMILES string of the molecule is C#CC(I)[N+](CCCC)(CCCCCCCCC)CCCCCCCCC.[Cl-]. The van der Waals surface area contributed by atoms with Crippen LogP contribution >= 0.6 is 22.6 Å². The van der Waals surface area contributed by atoms with E-state index in [1.807, 2.05) is 0 Å². The van der Waals surface area contributed by atoms with Gasteiger partial charge in [-0.2, -0.15) is 0 Å². The van der Waals surface area contributed by atoms with Crippen LogP contribution in [0, 0.1) is 12.3 Å². The van der Waals surface area contributed by atoms with E-state index >= 15 is 0 Å². The van der Waals surface area contributed by atoms with Gasteiger partial charge in [0.15, 0.2) is 0 Å². The number of nitrogens with zero attached hydrogens (tertiary/aromatic N) is 1. The van der Waals surface area contributed by atoms with Crippen molar-refractivity contribution in [2.24, 2.45) is 0 Å². The third-order valence-corrected chi connectivity index (χ3v) is 7.53. The fourth-order valence-electron chi connectivity index (χ4n) is 4.07. The lowest BCUT2D eigenvalue weighted by atomic mass is 10.1. The first kappa shape index (κ1) is 30.7. The maximum absolute atomic E-state index is 5.93. The van der Waals surface area contributed by atoms with Crippen LogP contribution in [0.3, 0.4) is 0 Å². The average Bonchev–Trinajstić information content (AvgIpc) is 2.69. The fraction of sp³-hybridized carbons (Fsp3) is 0.920. The molecule has 0 aliphatic carbocycles. The molecule has 1 unspecified atom stereocenters. The molecule has 28 heavy (non-hydrogen) atoms. The van der Waals surface area contributed by atoms with E-state index < -0.39 is 0 Å². The third kappa shape index (κ3) is 15.4. The minimum Gasteiger partial charge on any atom is -1.00 e. The highest BCUT2D eigenvalue weighted by Crippen LogP contribution is 2.25. The summed E-state index contributed by atoms with van der Waals surface area (Å²) in [5, 5.41) is 0. The Bertz CT molecular complexity index is 335. The molecule has 0 amide bonds. The first-order valence-electron chi connectivity index (χ1n) is 12.1. The zero-order valence-electron chi connectivity index (χ0n) is 19.3. The molecule has 1 atom stereocenters. The topological polar surface area (TPSA) is 0 Å². The molecule has 0 rings (SSSR count). The second-order valence-corrected chi connectivity index (χ2v) is 9.67. The number of alkyl halides is 1. The number of hydrogen-bond donors (Lipinski definition) is 0. The van der Waals surface area contributed by atoms with E-state index in [0.717, 1.165) is 0 Å². The lowest BCUT2D eigenvalue weighted by Crippen LogP contribution is -3.00. The average molecular weight is 526 g/mol. The highest BCUT2D eigenvalue weighted by atomic mass is 127. The van der Waals surface area contributed by atoms with Gasteiger partial charge in [0, 0.05) is 22.6 Å². The van der Waals surface area contributed by atoms with Crippen LogP contribution in [0.15, 0.2) is 0 Å². The number of terminal acetylenes is 1. The molecule has 168 valence electrons. The summed E-state index contributed by atoms with van der Waals surface area (Å²) in [5.41, 5.74) is 0. The molecule has 3 heteroatoms. The smallest absolute Gasteiger partial charge is 0.200 e. The van der Waals surface area contributed by atoms with Crippen molar-refractivity contribution in [1.29, 1.82) is 0 Å². The molecule has 0 radical (unpaired) electrons. The third-order valence-electron chi connectivity index (χ3n) is 5.99. The highest BCUT2D eigenvalue weighted by Gasteiger charge is 2.32. The zero-order valence-corrected chi connectivity index (χ0v) is 22.2. The molecule has 0 aromatic carbocycles. The largest absolute Gasteiger partial charge is 1.00 e. The highest BCUT2D eigenvalue weighted by molar-refractivity contribution is 14.1. The molecule has 0 N–H and O–H groups in total. The molecular formula is C25H49ClIN. The fourth-order valence-corrected chi connectivity index (χ4v) is 4.91. The van der Waals surface area contributed by atoms with E-state index in [2.05, 4.69) is 49.3 Å². The number of hydrogen-bond acceptors (Lipinski definition) is 0. The van der Waals surface area contributed by atoms with E-state index in [1.165, 1.54) is 127 Å². The molecule has 0 fully saturated rings. The van der Waals surface area contributed by atoms with E-state index in [0.29, 0.717) is 4.05 Å². The van der Waals surface area contributed by atoms with Crippen LogP contribution in [0.1, 0.15) is 124 Å². The lowest BCUT2D eigenvalue weighted by molar-refractivity contribution is -0.927. The maximum Gasteiger partial charge on any atom is 0.200 e. The van der Waals surface area contributed by atoms with Crippen molar-refractivity contribution in [1.82, 2.24) is 0 Å². The van der Waals surface area contributed by atoms with Crippen molar-refractivity contribution < 1.29 is 16.9 Å². The van der Waals surface area contributed by atoms with Gasteiger partial charge in [0.05, 0.1) is 19.6 Å². The molecule has 0 heterocycles. The quantitative estimate of drug-likeness (QED) is 0.0491. The van der Waals surface area contributed by atoms with Crippen molar-refractivity contribution >= 4 is 22.6 Å². The van der Waals surface area contributed by atoms with Crippen molar-refractivity contribution in [3.8, 4) is 12.3 Å². The van der Waals surface area contributed by atoms with Crippen LogP contribution in [-0.2, 0) is 0 Å². The molecule has 0 saturated heterocycles. The monoisotopic (exact) mass is 525 g/mol. The Labute approximate surface area is 198 Å². The Morgan fingerprint density at radius 3 is 1.29 bits per heavy atom. The van der Waals surface area contributed by atoms with Gasteiger partial charge in [-0.1, -0.05) is 91.4 Å². The summed E-state index contributed by atoms with van der Waals surface area (Å²) >= 11 is 2.55. The summed E-state index contributed by atoms with van der Waals surface area (Å²) in [6, 6.07) is 0. The number of halogens is 2. The Hall–Kier alpha value is 0.540. The van der Waals surface area contributed by atoms with Gasteiger partial charge < -0.3 is 16.9 Å². The normalized spacial score (nSPS) is 12.4. The minimum atomic E-state index is 0. The maximum atomic E-state index is 5.93. The number of unbranched alkanes of at least 4 members (excludes halogenated alkanes) is 13. The lowest BCUT2D eigenvalue weighted by Gasteiger charge is -2.41. The predicted molar refractivity (Wildman–Crippen MR) is 132 cm³/mol. The van der Waals surface area contributed by atoms with Gasteiger partial charge in [0.25, 0.3) is 0 Å². The Kier molecular flexibility index (Phi) is 24.4. The van der Waals surface area contributed by atoms with Gasteiger partial charge >= 0.3 is 0 Å². The van der Waals surface area contributed by atoms with E-state index in [-0.39, 0.29) is 12.4 Å². The van der Waals surface area contributed by atoms with Gasteiger partial charge in [-0.3, -0.25) is 0 Å². The molecule has 0 saturated carbocycles. The second kappa shape index (κ2) is 22.2. The first-order chi connectivity index (χ1) is 13.2. The summed E-state index contributed by atoms with van der Waals surface area (Å²) in [4.78, 5) is 0. The molecule has 0 spiro atoms. The molecular weight excluding hydrogens is 477 g/mol. The first-order valence-corrected chi connectivity index (χ1v) is 13.4. The summed E-state index contributed by atoms with van der Waals surface area (Å²) in [6.07, 6.45) is 28.0.